The van der Waals surface area contributed by atoms with Gasteiger partial charge in [-0.15, -0.1) is 0 Å². The van der Waals surface area contributed by atoms with Crippen LogP contribution < -0.4 is 0 Å². The Morgan fingerprint density at radius 3 is 0.607 bits per heavy atom. The molecule has 4 nitrogen and oxygen atoms in total. The molecule has 0 aromatic heterocycles. The minimum atomic E-state index is -8.82. The van der Waals surface area contributed by atoms with Crippen LogP contribution in [0.5, 0.6) is 0 Å². The normalized spacial score (nSPS) is 16.4. The number of aliphatic hydroxyl groups excluding tert-OH is 2. The zero-order valence-electron chi connectivity index (χ0n) is 27.9. The van der Waals surface area contributed by atoms with Crippen molar-refractivity contribution < 1.29 is 160 Å². The number of halogens is 32. The zero-order valence-corrected chi connectivity index (χ0v) is 28.7. The first kappa shape index (κ1) is 58.9. The van der Waals surface area contributed by atoms with Crippen molar-refractivity contribution in [2.24, 2.45) is 0 Å². The van der Waals surface area contributed by atoms with Crippen LogP contribution in [0.25, 0.3) is 0 Å². The van der Waals surface area contributed by atoms with E-state index < -0.39 is 146 Å². The molecule has 0 aliphatic rings. The van der Waals surface area contributed by atoms with E-state index in [-0.39, 0.29) is 11.8 Å². The molecule has 0 aromatic rings. The highest BCUT2D eigenvalue weighted by atomic mass is 32.2. The van der Waals surface area contributed by atoms with Crippen LogP contribution in [0.4, 0.5) is 140 Å². The molecule has 0 aromatic carbocycles. The summed E-state index contributed by atoms with van der Waals surface area (Å²) in [6, 6.07) is 0. The molecule has 0 aliphatic heterocycles. The van der Waals surface area contributed by atoms with Gasteiger partial charge in [-0.1, -0.05) is 0 Å². The number of hydrogen-bond donors (Lipinski definition) is 2. The fourth-order valence-electron chi connectivity index (χ4n) is 3.61. The smallest absolute Gasteiger partial charge is 0.385 e. The van der Waals surface area contributed by atoms with Crippen LogP contribution in [-0.4, -0.2) is 156 Å². The highest BCUT2D eigenvalue weighted by Gasteiger charge is 2.96. The number of alkyl halides is 32. The lowest BCUT2D eigenvalue weighted by Gasteiger charge is -2.43. The second kappa shape index (κ2) is 17.1. The van der Waals surface area contributed by atoms with Crippen LogP contribution in [0.2, 0.25) is 0 Å². The third-order valence-electron chi connectivity index (χ3n) is 7.49. The summed E-state index contributed by atoms with van der Waals surface area (Å²) < 4.78 is 442. The molecule has 0 saturated carbocycles. The van der Waals surface area contributed by atoms with Gasteiger partial charge in [-0.05, 0) is 0 Å². The van der Waals surface area contributed by atoms with Gasteiger partial charge in [0, 0.05) is 11.5 Å². The highest BCUT2D eigenvalue weighted by Crippen LogP contribution is 2.65. The molecular formula is C24H18F32O4S. The lowest BCUT2D eigenvalue weighted by molar-refractivity contribution is -0.455. The first-order valence-corrected chi connectivity index (χ1v) is 15.5. The van der Waals surface area contributed by atoms with E-state index in [2.05, 4.69) is 9.47 Å². The minimum Gasteiger partial charge on any atom is -0.390 e. The fourth-order valence-corrected chi connectivity index (χ4v) is 4.29. The van der Waals surface area contributed by atoms with Crippen molar-refractivity contribution in [3.63, 3.8) is 0 Å². The maximum absolute atomic E-state index is 13.9. The van der Waals surface area contributed by atoms with E-state index in [1.807, 2.05) is 0 Å². The summed E-state index contributed by atoms with van der Waals surface area (Å²) in [5.74, 6) is -132. The van der Waals surface area contributed by atoms with Gasteiger partial charge in [0.05, 0.1) is 13.2 Å². The molecule has 2 N–H and O–H groups in total. The number of ether oxygens (including phenoxy) is 2. The van der Waals surface area contributed by atoms with E-state index in [1.54, 1.807) is 0 Å². The van der Waals surface area contributed by atoms with Gasteiger partial charge in [-0.3, -0.25) is 0 Å². The minimum absolute atomic E-state index is 0.103. The summed E-state index contributed by atoms with van der Waals surface area (Å²) in [6.07, 6.45) is 0. The molecule has 0 unspecified atom stereocenters. The number of aliphatic hydroxyl groups is 2. The summed E-state index contributed by atoms with van der Waals surface area (Å²) in [7, 11) is 0. The van der Waals surface area contributed by atoms with E-state index in [1.165, 1.54) is 0 Å². The van der Waals surface area contributed by atoms with Gasteiger partial charge in [-0.2, -0.15) is 152 Å². The van der Waals surface area contributed by atoms with E-state index in [0.717, 1.165) is 0 Å². The summed E-state index contributed by atoms with van der Waals surface area (Å²) in [4.78, 5) is 0. The second-order valence-corrected chi connectivity index (χ2v) is 13.0. The number of thioether (sulfide) groups is 1. The molecule has 0 amide bonds. The molecule has 0 aliphatic carbocycles. The first-order valence-electron chi connectivity index (χ1n) is 14.3. The molecule has 61 heavy (non-hydrogen) atoms. The topological polar surface area (TPSA) is 58.9 Å². The van der Waals surface area contributed by atoms with Gasteiger partial charge in [0.15, 0.2) is 0 Å². The van der Waals surface area contributed by atoms with Crippen molar-refractivity contribution in [3.8, 4) is 0 Å². The average Bonchev–Trinajstić information content (AvgIpc) is 3.09. The SMILES string of the molecule is OCC(F)(F)C(F)(F)C(F)(F)C(F)(F)C(F)(F)C(F)(F)C(F)(F)C(F)(F)COCCSCCOCC(F)(F)C(F)(F)C(F)(F)C(F)(F)C(F)(F)C(F)(F)C(F)(F)C(F)(F)CO. The highest BCUT2D eigenvalue weighted by molar-refractivity contribution is 7.99. The van der Waals surface area contributed by atoms with E-state index in [9.17, 15) is 140 Å². The van der Waals surface area contributed by atoms with Gasteiger partial charge < -0.3 is 19.7 Å². The van der Waals surface area contributed by atoms with Crippen molar-refractivity contribution in [1.29, 1.82) is 0 Å². The summed E-state index contributed by atoms with van der Waals surface area (Å²) in [5, 5.41) is 15.9. The van der Waals surface area contributed by atoms with Crippen molar-refractivity contribution >= 4 is 11.8 Å². The molecule has 0 bridgehead atoms. The molecule has 0 saturated heterocycles. The van der Waals surface area contributed by atoms with Gasteiger partial charge in [0.25, 0.3) is 0 Å². The average molecular weight is 1010 g/mol. The van der Waals surface area contributed by atoms with Crippen molar-refractivity contribution in [2.45, 2.75) is 94.8 Å². The van der Waals surface area contributed by atoms with E-state index in [4.69, 9.17) is 10.2 Å². The van der Waals surface area contributed by atoms with Crippen molar-refractivity contribution in [2.75, 3.05) is 51.1 Å². The molecular weight excluding hydrogens is 992 g/mol. The molecule has 0 atom stereocenters. The first-order chi connectivity index (χ1) is 26.3. The predicted molar refractivity (Wildman–Crippen MR) is 132 cm³/mol. The largest absolute Gasteiger partial charge is 0.390 e. The lowest BCUT2D eigenvalue weighted by Crippen LogP contribution is -2.75. The molecule has 0 fully saturated rings. The van der Waals surface area contributed by atoms with Gasteiger partial charge in [0.1, 0.15) is 26.4 Å². The Bertz CT molecular complexity index is 1360. The molecule has 0 rings (SSSR count). The fraction of sp³-hybridized carbons (Fsp3) is 1.00. The van der Waals surface area contributed by atoms with E-state index >= 15 is 0 Å². The lowest BCUT2D eigenvalue weighted by atomic mass is 9.88. The summed E-state index contributed by atoms with van der Waals surface area (Å²) >= 11 is -0.103. The monoisotopic (exact) mass is 1010 g/mol. The van der Waals surface area contributed by atoms with Gasteiger partial charge >= 0.3 is 94.8 Å². The van der Waals surface area contributed by atoms with Crippen LogP contribution in [0.1, 0.15) is 0 Å². The van der Waals surface area contributed by atoms with E-state index in [0.29, 0.717) is 0 Å². The van der Waals surface area contributed by atoms with Gasteiger partial charge in [0.2, 0.25) is 0 Å². The van der Waals surface area contributed by atoms with Crippen LogP contribution in [0, 0.1) is 0 Å². The van der Waals surface area contributed by atoms with Crippen LogP contribution >= 0.6 is 11.8 Å². The van der Waals surface area contributed by atoms with Crippen LogP contribution in [-0.2, 0) is 9.47 Å². The standard InChI is InChI=1S/C24H18F32O4S/c25-9(26,5-57)13(33,34)17(41,42)21(49,50)23(53,54)19(45,46)15(37,38)11(29,30)7-59-1-3-61-4-2-60-8-12(31,32)16(39,40)20(47,48)24(55,56)22(51,52)18(43,44)14(35,36)10(27,28)6-58/h57-58H,1-8H2. The Balaban J connectivity index is 5.72. The number of hydrogen-bond acceptors (Lipinski definition) is 5. The summed E-state index contributed by atoms with van der Waals surface area (Å²) in [5.41, 5.74) is 0. The number of rotatable bonds is 26. The summed E-state index contributed by atoms with van der Waals surface area (Å²) in [6.45, 7) is -17.3. The van der Waals surface area contributed by atoms with Crippen LogP contribution in [0.3, 0.4) is 0 Å². The molecule has 0 heterocycles. The Morgan fingerprint density at radius 1 is 0.262 bits per heavy atom. The third kappa shape index (κ3) is 8.75. The Labute approximate surface area is 318 Å². The quantitative estimate of drug-likeness (QED) is 0.0668. The maximum atomic E-state index is 13.9. The second-order valence-electron chi connectivity index (χ2n) is 11.7. The Hall–Kier alpha value is -2.05. The predicted octanol–water partition coefficient (Wildman–Crippen LogP) is 9.90. The van der Waals surface area contributed by atoms with Gasteiger partial charge in [-0.25, -0.2) is 0 Å². The zero-order chi connectivity index (χ0) is 49.8. The molecule has 37 heteroatoms. The Morgan fingerprint density at radius 2 is 0.426 bits per heavy atom. The maximum Gasteiger partial charge on any atom is 0.385 e. The van der Waals surface area contributed by atoms with Crippen molar-refractivity contribution in [1.82, 2.24) is 0 Å². The Kier molecular flexibility index (Phi) is 16.5. The van der Waals surface area contributed by atoms with Crippen LogP contribution in [0.15, 0.2) is 0 Å². The van der Waals surface area contributed by atoms with Crippen molar-refractivity contribution in [3.05, 3.63) is 0 Å². The molecule has 368 valence electrons. The molecule has 0 radical (unpaired) electrons. The molecule has 0 spiro atoms. The third-order valence-corrected chi connectivity index (χ3v) is 8.40.